The van der Waals surface area contributed by atoms with Gasteiger partial charge in [0.05, 0.1) is 11.4 Å². The number of rotatable bonds is 6. The number of alkyl halides is 3. The van der Waals surface area contributed by atoms with Gasteiger partial charge in [0.2, 0.25) is 0 Å². The van der Waals surface area contributed by atoms with Crippen LogP contribution in [0.25, 0.3) is 0 Å². The van der Waals surface area contributed by atoms with Crippen molar-refractivity contribution < 1.29 is 30.5 Å². The van der Waals surface area contributed by atoms with Crippen molar-refractivity contribution in [2.45, 2.75) is 37.1 Å². The number of anilines is 1. The van der Waals surface area contributed by atoms with Gasteiger partial charge in [0.15, 0.2) is 0 Å². The van der Waals surface area contributed by atoms with Gasteiger partial charge in [0.25, 0.3) is 9.84 Å². The Bertz CT molecular complexity index is 841. The Balaban J connectivity index is 2.13. The fourth-order valence-corrected chi connectivity index (χ4v) is 3.28. The molecule has 0 fully saturated rings. The first-order valence-corrected chi connectivity index (χ1v) is 8.79. The predicted molar refractivity (Wildman–Crippen MR) is 82.4 cm³/mol. The second-order valence-corrected chi connectivity index (χ2v) is 7.33. The zero-order chi connectivity index (χ0) is 18.8. The van der Waals surface area contributed by atoms with Crippen LogP contribution in [0, 0.1) is 19.7 Å². The Labute approximate surface area is 141 Å². The van der Waals surface area contributed by atoms with Crippen LogP contribution in [0.1, 0.15) is 23.4 Å². The van der Waals surface area contributed by atoms with E-state index in [4.69, 9.17) is 4.52 Å². The molecule has 0 unspecified atom stereocenters. The highest BCUT2D eigenvalue weighted by Crippen LogP contribution is 2.34. The van der Waals surface area contributed by atoms with Gasteiger partial charge in [-0.3, -0.25) is 0 Å². The molecule has 0 bridgehead atoms. The van der Waals surface area contributed by atoms with Crippen LogP contribution in [-0.4, -0.2) is 25.6 Å². The fraction of sp³-hybridized carbons (Fsp3) is 0.400. The quantitative estimate of drug-likeness (QED) is 0.610. The predicted octanol–water partition coefficient (Wildman–Crippen LogP) is 3.77. The maximum Gasteiger partial charge on any atom is 0.501 e. The standard InChI is InChI=1S/C15H16F4N2O3S/c1-9-12(10(2)24-21-9)4-3-7-20-13-6-5-11(16)8-14(13)25(22,23)15(17,18)19/h5-6,8,20H,3-4,7H2,1-2H3. The molecule has 1 aromatic carbocycles. The molecule has 1 N–H and O–H groups in total. The minimum atomic E-state index is -5.65. The van der Waals surface area contributed by atoms with Gasteiger partial charge in [-0.05, 0) is 44.9 Å². The minimum absolute atomic E-state index is 0.191. The van der Waals surface area contributed by atoms with Crippen LogP contribution >= 0.6 is 0 Å². The van der Waals surface area contributed by atoms with Gasteiger partial charge in [-0.2, -0.15) is 13.2 Å². The van der Waals surface area contributed by atoms with Crippen LogP contribution in [0.5, 0.6) is 0 Å². The molecule has 25 heavy (non-hydrogen) atoms. The number of halogens is 4. The summed E-state index contributed by atoms with van der Waals surface area (Å²) >= 11 is 0. The second-order valence-electron chi connectivity index (χ2n) is 5.42. The highest BCUT2D eigenvalue weighted by Gasteiger charge is 2.48. The molecule has 2 rings (SSSR count). The molecule has 0 saturated heterocycles. The fourth-order valence-electron chi connectivity index (χ4n) is 2.34. The third kappa shape index (κ3) is 4.12. The zero-order valence-corrected chi connectivity index (χ0v) is 14.3. The summed E-state index contributed by atoms with van der Waals surface area (Å²) in [7, 11) is -5.65. The van der Waals surface area contributed by atoms with Crippen molar-refractivity contribution >= 4 is 15.5 Å². The zero-order valence-electron chi connectivity index (χ0n) is 13.4. The van der Waals surface area contributed by atoms with E-state index in [1.807, 2.05) is 0 Å². The number of aryl methyl sites for hydroxylation is 2. The molecule has 1 heterocycles. The maximum absolute atomic E-state index is 13.3. The Morgan fingerprint density at radius 3 is 2.48 bits per heavy atom. The molecule has 2 aromatic rings. The SMILES string of the molecule is Cc1noc(C)c1CCCNc1ccc(F)cc1S(=O)(=O)C(F)(F)F. The summed E-state index contributed by atoms with van der Waals surface area (Å²) in [6.45, 7) is 3.71. The van der Waals surface area contributed by atoms with E-state index in [0.29, 0.717) is 24.7 Å². The third-order valence-corrected chi connectivity index (χ3v) is 5.16. The average molecular weight is 380 g/mol. The first kappa shape index (κ1) is 19.2. The molecule has 5 nitrogen and oxygen atoms in total. The number of hydrogen-bond donors (Lipinski definition) is 1. The molecule has 138 valence electrons. The van der Waals surface area contributed by atoms with Gasteiger partial charge in [0, 0.05) is 12.1 Å². The summed E-state index contributed by atoms with van der Waals surface area (Å²) in [6.07, 6.45) is 1.04. The molecule has 0 atom stereocenters. The van der Waals surface area contributed by atoms with Gasteiger partial charge in [-0.15, -0.1) is 0 Å². The highest BCUT2D eigenvalue weighted by molar-refractivity contribution is 7.92. The van der Waals surface area contributed by atoms with Crippen LogP contribution in [-0.2, 0) is 16.3 Å². The lowest BCUT2D eigenvalue weighted by Gasteiger charge is -2.14. The molecule has 0 aliphatic heterocycles. The minimum Gasteiger partial charge on any atom is -0.384 e. The van der Waals surface area contributed by atoms with Crippen molar-refractivity contribution in [3.8, 4) is 0 Å². The monoisotopic (exact) mass is 380 g/mol. The molecular formula is C15H16F4N2O3S. The lowest BCUT2D eigenvalue weighted by Crippen LogP contribution is -2.24. The number of sulfone groups is 1. The summed E-state index contributed by atoms with van der Waals surface area (Å²) < 4.78 is 79.6. The van der Waals surface area contributed by atoms with Crippen molar-refractivity contribution in [1.29, 1.82) is 0 Å². The molecule has 0 aliphatic rings. The van der Waals surface area contributed by atoms with Gasteiger partial charge in [0.1, 0.15) is 16.5 Å². The average Bonchev–Trinajstić information content (AvgIpc) is 2.83. The Morgan fingerprint density at radius 1 is 1.24 bits per heavy atom. The lowest BCUT2D eigenvalue weighted by atomic mass is 10.1. The summed E-state index contributed by atoms with van der Waals surface area (Å²) in [6, 6.07) is 2.23. The van der Waals surface area contributed by atoms with Gasteiger partial charge >= 0.3 is 5.51 Å². The normalized spacial score (nSPS) is 12.4. The second kappa shape index (κ2) is 7.03. The van der Waals surface area contributed by atoms with Crippen molar-refractivity contribution in [3.63, 3.8) is 0 Å². The summed E-state index contributed by atoms with van der Waals surface area (Å²) in [5, 5.41) is 6.42. The van der Waals surface area contributed by atoms with E-state index in [1.165, 1.54) is 0 Å². The maximum atomic E-state index is 13.3. The van der Waals surface area contributed by atoms with E-state index in [0.717, 1.165) is 23.4 Å². The van der Waals surface area contributed by atoms with E-state index in [1.54, 1.807) is 13.8 Å². The van der Waals surface area contributed by atoms with E-state index in [9.17, 15) is 26.0 Å². The molecule has 0 spiro atoms. The topological polar surface area (TPSA) is 72.2 Å². The molecular weight excluding hydrogens is 364 g/mol. The van der Waals surface area contributed by atoms with Crippen LogP contribution in [0.2, 0.25) is 0 Å². The van der Waals surface area contributed by atoms with Crippen LogP contribution in [0.4, 0.5) is 23.2 Å². The van der Waals surface area contributed by atoms with Crippen LogP contribution in [0.3, 0.4) is 0 Å². The number of aromatic nitrogens is 1. The molecule has 0 amide bonds. The summed E-state index contributed by atoms with van der Waals surface area (Å²) in [5.41, 5.74) is -4.19. The number of hydrogen-bond acceptors (Lipinski definition) is 5. The Hall–Kier alpha value is -2.10. The summed E-state index contributed by atoms with van der Waals surface area (Å²) in [4.78, 5) is -1.13. The molecule has 0 radical (unpaired) electrons. The molecule has 1 aromatic heterocycles. The van der Waals surface area contributed by atoms with Crippen LogP contribution < -0.4 is 5.32 Å². The van der Waals surface area contributed by atoms with Crippen molar-refractivity contribution in [3.05, 3.63) is 41.0 Å². The Morgan fingerprint density at radius 2 is 1.92 bits per heavy atom. The van der Waals surface area contributed by atoms with E-state index >= 15 is 0 Å². The van der Waals surface area contributed by atoms with Gasteiger partial charge < -0.3 is 9.84 Å². The first-order valence-electron chi connectivity index (χ1n) is 7.30. The van der Waals surface area contributed by atoms with E-state index in [-0.39, 0.29) is 12.2 Å². The van der Waals surface area contributed by atoms with E-state index < -0.39 is 26.1 Å². The number of benzene rings is 1. The van der Waals surface area contributed by atoms with Crippen LogP contribution in [0.15, 0.2) is 27.6 Å². The number of nitrogens with zero attached hydrogens (tertiary/aromatic N) is 1. The first-order chi connectivity index (χ1) is 11.5. The van der Waals surface area contributed by atoms with E-state index in [2.05, 4.69) is 10.5 Å². The van der Waals surface area contributed by atoms with Gasteiger partial charge in [-0.25, -0.2) is 12.8 Å². The van der Waals surface area contributed by atoms with Crippen molar-refractivity contribution in [2.75, 3.05) is 11.9 Å². The largest absolute Gasteiger partial charge is 0.501 e. The smallest absolute Gasteiger partial charge is 0.384 e. The van der Waals surface area contributed by atoms with Crippen molar-refractivity contribution in [2.24, 2.45) is 0 Å². The lowest BCUT2D eigenvalue weighted by molar-refractivity contribution is -0.0435. The Kier molecular flexibility index (Phi) is 5.40. The molecule has 0 saturated carbocycles. The highest BCUT2D eigenvalue weighted by atomic mass is 32.2. The number of nitrogens with one attached hydrogen (secondary N) is 1. The van der Waals surface area contributed by atoms with Gasteiger partial charge in [-0.1, -0.05) is 5.16 Å². The third-order valence-electron chi connectivity index (χ3n) is 3.64. The molecule has 10 heteroatoms. The molecule has 0 aliphatic carbocycles. The van der Waals surface area contributed by atoms with Crippen molar-refractivity contribution in [1.82, 2.24) is 5.16 Å². The summed E-state index contributed by atoms with van der Waals surface area (Å²) in [5.74, 6) is -0.413.